The number of nitrogens with zero attached hydrogens (tertiary/aromatic N) is 3. The SMILES string of the molecule is COC(=O)[C@@H](Cn1cnc2ccccc21)[C@H](O)c1ccncc1. The molecule has 0 saturated heterocycles. The van der Waals surface area contributed by atoms with Crippen LogP contribution in [0.1, 0.15) is 11.7 Å². The maximum Gasteiger partial charge on any atom is 0.313 e. The number of methoxy groups -OCH3 is 1. The van der Waals surface area contributed by atoms with Crippen molar-refractivity contribution in [2.75, 3.05) is 7.11 Å². The smallest absolute Gasteiger partial charge is 0.313 e. The van der Waals surface area contributed by atoms with E-state index in [1.54, 1.807) is 30.9 Å². The minimum Gasteiger partial charge on any atom is -0.469 e. The van der Waals surface area contributed by atoms with Crippen molar-refractivity contribution in [2.24, 2.45) is 5.92 Å². The average molecular weight is 311 g/mol. The van der Waals surface area contributed by atoms with Gasteiger partial charge in [0.15, 0.2) is 0 Å². The van der Waals surface area contributed by atoms with Crippen molar-refractivity contribution in [1.82, 2.24) is 14.5 Å². The zero-order valence-corrected chi connectivity index (χ0v) is 12.7. The van der Waals surface area contributed by atoms with Crippen LogP contribution in [-0.2, 0) is 16.1 Å². The second-order valence-corrected chi connectivity index (χ2v) is 5.24. The zero-order valence-electron chi connectivity index (χ0n) is 12.7. The topological polar surface area (TPSA) is 77.2 Å². The minimum absolute atomic E-state index is 0.274. The van der Waals surface area contributed by atoms with Crippen LogP contribution in [0, 0.1) is 5.92 Å². The molecule has 0 aliphatic heterocycles. The molecule has 118 valence electrons. The number of pyridine rings is 1. The highest BCUT2D eigenvalue weighted by Gasteiger charge is 2.29. The number of para-hydroxylation sites is 2. The van der Waals surface area contributed by atoms with Gasteiger partial charge in [0, 0.05) is 18.9 Å². The van der Waals surface area contributed by atoms with Crippen LogP contribution in [0.5, 0.6) is 0 Å². The Balaban J connectivity index is 1.92. The van der Waals surface area contributed by atoms with Crippen molar-refractivity contribution in [2.45, 2.75) is 12.6 Å². The van der Waals surface area contributed by atoms with E-state index in [1.165, 1.54) is 7.11 Å². The summed E-state index contributed by atoms with van der Waals surface area (Å²) in [4.78, 5) is 20.4. The monoisotopic (exact) mass is 311 g/mol. The van der Waals surface area contributed by atoms with E-state index in [-0.39, 0.29) is 6.54 Å². The van der Waals surface area contributed by atoms with Crippen molar-refractivity contribution < 1.29 is 14.6 Å². The van der Waals surface area contributed by atoms with Gasteiger partial charge in [0.1, 0.15) is 5.92 Å². The van der Waals surface area contributed by atoms with Crippen LogP contribution in [0.2, 0.25) is 0 Å². The van der Waals surface area contributed by atoms with E-state index in [1.807, 2.05) is 28.8 Å². The van der Waals surface area contributed by atoms with Gasteiger partial charge in [0.2, 0.25) is 0 Å². The molecule has 3 rings (SSSR count). The van der Waals surface area contributed by atoms with Gasteiger partial charge in [-0.3, -0.25) is 9.78 Å². The largest absolute Gasteiger partial charge is 0.469 e. The molecule has 3 aromatic rings. The molecule has 23 heavy (non-hydrogen) atoms. The number of carbonyl (C=O) groups is 1. The Bertz CT molecular complexity index is 801. The van der Waals surface area contributed by atoms with Crippen LogP contribution in [-0.4, -0.2) is 32.7 Å². The molecular weight excluding hydrogens is 294 g/mol. The maximum atomic E-state index is 12.2. The van der Waals surface area contributed by atoms with Crippen molar-refractivity contribution in [3.05, 3.63) is 60.7 Å². The maximum absolute atomic E-state index is 12.2. The molecule has 1 aromatic carbocycles. The van der Waals surface area contributed by atoms with Crippen molar-refractivity contribution in [3.8, 4) is 0 Å². The van der Waals surface area contributed by atoms with E-state index in [0.29, 0.717) is 5.56 Å². The highest BCUT2D eigenvalue weighted by Crippen LogP contribution is 2.25. The van der Waals surface area contributed by atoms with Crippen LogP contribution in [0.4, 0.5) is 0 Å². The fourth-order valence-electron chi connectivity index (χ4n) is 2.62. The number of aliphatic hydroxyl groups is 1. The molecule has 2 heterocycles. The quantitative estimate of drug-likeness (QED) is 0.729. The van der Waals surface area contributed by atoms with Crippen LogP contribution >= 0.6 is 0 Å². The van der Waals surface area contributed by atoms with Crippen molar-refractivity contribution >= 4 is 17.0 Å². The molecule has 6 nitrogen and oxygen atoms in total. The molecule has 0 bridgehead atoms. The lowest BCUT2D eigenvalue weighted by Crippen LogP contribution is -2.28. The molecule has 0 amide bonds. The third-order valence-corrected chi connectivity index (χ3v) is 3.85. The van der Waals surface area contributed by atoms with Gasteiger partial charge in [0.05, 0.1) is 30.6 Å². The summed E-state index contributed by atoms with van der Waals surface area (Å²) in [5.41, 5.74) is 2.37. The first-order chi connectivity index (χ1) is 11.2. The van der Waals surface area contributed by atoms with E-state index < -0.39 is 18.0 Å². The summed E-state index contributed by atoms with van der Waals surface area (Å²) >= 11 is 0. The molecule has 0 aliphatic carbocycles. The summed E-state index contributed by atoms with van der Waals surface area (Å²) in [5, 5.41) is 10.6. The standard InChI is InChI=1S/C17H17N3O3/c1-23-17(22)13(16(21)12-6-8-18-9-7-12)10-20-11-19-14-4-2-3-5-15(14)20/h2-9,11,13,16,21H,10H2,1H3/t13-,16+/m0/s1. The normalized spacial score (nSPS) is 13.7. The van der Waals surface area contributed by atoms with Gasteiger partial charge >= 0.3 is 5.97 Å². The summed E-state index contributed by atoms with van der Waals surface area (Å²) in [7, 11) is 1.32. The lowest BCUT2D eigenvalue weighted by molar-refractivity contribution is -0.150. The Labute approximate surface area is 133 Å². The second kappa shape index (κ2) is 6.58. The third-order valence-electron chi connectivity index (χ3n) is 3.85. The number of imidazole rings is 1. The van der Waals surface area contributed by atoms with Crippen LogP contribution in [0.15, 0.2) is 55.1 Å². The first-order valence-electron chi connectivity index (χ1n) is 7.26. The molecule has 0 aliphatic rings. The van der Waals surface area contributed by atoms with E-state index in [2.05, 4.69) is 9.97 Å². The zero-order chi connectivity index (χ0) is 16.2. The number of carbonyl (C=O) groups excluding carboxylic acids is 1. The Kier molecular flexibility index (Phi) is 4.34. The molecular formula is C17H17N3O3. The van der Waals surface area contributed by atoms with E-state index in [9.17, 15) is 9.90 Å². The lowest BCUT2D eigenvalue weighted by atomic mass is 9.96. The molecule has 0 fully saturated rings. The summed E-state index contributed by atoms with van der Waals surface area (Å²) in [6.07, 6.45) is 3.85. The van der Waals surface area contributed by atoms with E-state index in [4.69, 9.17) is 4.74 Å². The highest BCUT2D eigenvalue weighted by atomic mass is 16.5. The first kappa shape index (κ1) is 15.2. The van der Waals surface area contributed by atoms with Crippen molar-refractivity contribution in [1.29, 1.82) is 0 Å². The van der Waals surface area contributed by atoms with Gasteiger partial charge in [0.25, 0.3) is 0 Å². The number of hydrogen-bond donors (Lipinski definition) is 1. The lowest BCUT2D eigenvalue weighted by Gasteiger charge is -2.21. The number of esters is 1. The third kappa shape index (κ3) is 3.07. The van der Waals surface area contributed by atoms with Crippen LogP contribution in [0.25, 0.3) is 11.0 Å². The van der Waals surface area contributed by atoms with Gasteiger partial charge in [-0.2, -0.15) is 0 Å². The number of benzene rings is 1. The van der Waals surface area contributed by atoms with Gasteiger partial charge in [-0.25, -0.2) is 4.98 Å². The Hall–Kier alpha value is -2.73. The number of ether oxygens (including phenoxy) is 1. The molecule has 0 radical (unpaired) electrons. The molecule has 0 saturated carbocycles. The molecule has 2 atom stereocenters. The summed E-state index contributed by atoms with van der Waals surface area (Å²) in [5.74, 6) is -1.20. The average Bonchev–Trinajstić information content (AvgIpc) is 3.02. The Morgan fingerprint density at radius 2 is 2.00 bits per heavy atom. The fourth-order valence-corrected chi connectivity index (χ4v) is 2.62. The number of aliphatic hydroxyl groups excluding tert-OH is 1. The molecule has 6 heteroatoms. The first-order valence-corrected chi connectivity index (χ1v) is 7.26. The molecule has 1 N–H and O–H groups in total. The number of fused-ring (bicyclic) bond motifs is 1. The van der Waals surface area contributed by atoms with E-state index in [0.717, 1.165) is 11.0 Å². The van der Waals surface area contributed by atoms with Gasteiger partial charge in [-0.05, 0) is 29.8 Å². The highest BCUT2D eigenvalue weighted by molar-refractivity contribution is 5.76. The summed E-state index contributed by atoms with van der Waals surface area (Å²) in [6.45, 7) is 0.274. The second-order valence-electron chi connectivity index (χ2n) is 5.24. The molecule has 0 spiro atoms. The summed E-state index contributed by atoms with van der Waals surface area (Å²) in [6, 6.07) is 11.0. The predicted octanol–water partition coefficient (Wildman–Crippen LogP) is 1.95. The van der Waals surface area contributed by atoms with Gasteiger partial charge < -0.3 is 14.4 Å². The Morgan fingerprint density at radius 1 is 1.26 bits per heavy atom. The van der Waals surface area contributed by atoms with Crippen LogP contribution in [0.3, 0.4) is 0 Å². The van der Waals surface area contributed by atoms with Gasteiger partial charge in [-0.1, -0.05) is 12.1 Å². The number of rotatable bonds is 5. The Morgan fingerprint density at radius 3 is 2.74 bits per heavy atom. The van der Waals surface area contributed by atoms with Gasteiger partial charge in [-0.15, -0.1) is 0 Å². The van der Waals surface area contributed by atoms with Crippen LogP contribution < -0.4 is 0 Å². The van der Waals surface area contributed by atoms with E-state index >= 15 is 0 Å². The van der Waals surface area contributed by atoms with Crippen molar-refractivity contribution in [3.63, 3.8) is 0 Å². The predicted molar refractivity (Wildman–Crippen MR) is 84.4 cm³/mol. The molecule has 0 unspecified atom stereocenters. The minimum atomic E-state index is -0.980. The fraction of sp³-hybridized carbons (Fsp3) is 0.235. The molecule has 2 aromatic heterocycles. The number of aromatic nitrogens is 3. The summed E-state index contributed by atoms with van der Waals surface area (Å²) < 4.78 is 6.72. The number of hydrogen-bond acceptors (Lipinski definition) is 5.